The summed E-state index contributed by atoms with van der Waals surface area (Å²) in [5.41, 5.74) is 6.78. The van der Waals surface area contributed by atoms with Crippen LogP contribution in [0.1, 0.15) is 43.7 Å². The topological polar surface area (TPSA) is 29.3 Å². The number of hydrogen-bond donors (Lipinski definition) is 1. The van der Waals surface area contributed by atoms with Crippen LogP contribution in [0.5, 0.6) is 0 Å². The van der Waals surface area contributed by atoms with Crippen LogP contribution in [-0.4, -0.2) is 24.5 Å². The molecule has 0 spiro atoms. The molecule has 4 heteroatoms. The lowest BCUT2D eigenvalue weighted by atomic mass is 9.92. The molecule has 0 radical (unpaired) electrons. The maximum Gasteiger partial charge on any atom is 0.125 e. The molecule has 1 aromatic rings. The van der Waals surface area contributed by atoms with Gasteiger partial charge in [-0.05, 0) is 43.7 Å². The highest BCUT2D eigenvalue weighted by Crippen LogP contribution is 2.29. The summed E-state index contributed by atoms with van der Waals surface area (Å²) in [4.78, 5) is 2.30. The Labute approximate surface area is 119 Å². The fourth-order valence-electron chi connectivity index (χ4n) is 3.05. The Bertz CT molecular complexity index is 398. The molecular weight excluding hydrogens is 263 g/mol. The summed E-state index contributed by atoms with van der Waals surface area (Å²) in [6.45, 7) is 0.479. The van der Waals surface area contributed by atoms with Gasteiger partial charge in [-0.1, -0.05) is 30.9 Å². The van der Waals surface area contributed by atoms with Gasteiger partial charge < -0.3 is 5.73 Å². The third kappa shape index (κ3) is 3.68. The zero-order valence-electron chi connectivity index (χ0n) is 11.4. The number of hydrogen-bond acceptors (Lipinski definition) is 2. The van der Waals surface area contributed by atoms with Crippen LogP contribution in [0.15, 0.2) is 18.2 Å². The number of nitrogens with two attached hydrogens (primary N) is 1. The Balaban J connectivity index is 2.17. The minimum absolute atomic E-state index is 0.0382. The van der Waals surface area contributed by atoms with Crippen molar-refractivity contribution in [2.75, 3.05) is 13.6 Å². The Morgan fingerprint density at radius 2 is 2.00 bits per heavy atom. The fourth-order valence-corrected chi connectivity index (χ4v) is 3.28. The lowest BCUT2D eigenvalue weighted by Crippen LogP contribution is -2.39. The van der Waals surface area contributed by atoms with Crippen molar-refractivity contribution in [1.29, 1.82) is 0 Å². The SMILES string of the molecule is CN(C1CCCCC1)C(CN)c1cc(F)cc(Cl)c1. The molecule has 1 aromatic carbocycles. The van der Waals surface area contributed by atoms with Crippen LogP contribution in [0.2, 0.25) is 5.02 Å². The number of halogens is 2. The van der Waals surface area contributed by atoms with E-state index in [0.29, 0.717) is 17.6 Å². The predicted octanol–water partition coefficient (Wildman–Crippen LogP) is 3.74. The molecule has 2 rings (SSSR count). The molecule has 2 nitrogen and oxygen atoms in total. The summed E-state index contributed by atoms with van der Waals surface area (Å²) in [6, 6.07) is 5.28. The van der Waals surface area contributed by atoms with Crippen LogP contribution in [0.3, 0.4) is 0 Å². The highest BCUT2D eigenvalue weighted by atomic mass is 35.5. The molecule has 0 aliphatic heterocycles. The van der Waals surface area contributed by atoms with Gasteiger partial charge in [0.2, 0.25) is 0 Å². The molecule has 1 fully saturated rings. The summed E-state index contributed by atoms with van der Waals surface area (Å²) in [7, 11) is 2.09. The van der Waals surface area contributed by atoms with Crippen LogP contribution in [0, 0.1) is 5.82 Å². The Morgan fingerprint density at radius 1 is 1.32 bits per heavy atom. The summed E-state index contributed by atoms with van der Waals surface area (Å²) in [5, 5.41) is 0.436. The van der Waals surface area contributed by atoms with Crippen molar-refractivity contribution in [2.24, 2.45) is 5.73 Å². The molecule has 0 heterocycles. The lowest BCUT2D eigenvalue weighted by molar-refractivity contribution is 0.140. The molecule has 1 atom stereocenters. The van der Waals surface area contributed by atoms with E-state index in [4.69, 9.17) is 17.3 Å². The van der Waals surface area contributed by atoms with E-state index in [9.17, 15) is 4.39 Å². The van der Waals surface area contributed by atoms with E-state index in [0.717, 1.165) is 5.56 Å². The smallest absolute Gasteiger partial charge is 0.125 e. The average Bonchev–Trinajstić information content (AvgIpc) is 2.39. The van der Waals surface area contributed by atoms with Crippen LogP contribution in [-0.2, 0) is 0 Å². The predicted molar refractivity (Wildman–Crippen MR) is 77.8 cm³/mol. The van der Waals surface area contributed by atoms with Crippen molar-refractivity contribution in [3.63, 3.8) is 0 Å². The third-order valence-electron chi connectivity index (χ3n) is 4.14. The molecule has 19 heavy (non-hydrogen) atoms. The standard InChI is InChI=1S/C15H22ClFN2/c1-19(14-5-3-2-4-6-14)15(10-18)11-7-12(16)9-13(17)8-11/h7-9,14-15H,2-6,10,18H2,1H3. The first-order chi connectivity index (χ1) is 9.11. The van der Waals surface area contributed by atoms with E-state index in [-0.39, 0.29) is 11.9 Å². The van der Waals surface area contributed by atoms with Gasteiger partial charge in [-0.2, -0.15) is 0 Å². The molecule has 0 bridgehead atoms. The van der Waals surface area contributed by atoms with Crippen LogP contribution < -0.4 is 5.73 Å². The molecule has 1 aliphatic rings. The van der Waals surface area contributed by atoms with Gasteiger partial charge >= 0.3 is 0 Å². The van der Waals surface area contributed by atoms with Gasteiger partial charge in [0, 0.05) is 23.7 Å². The number of rotatable bonds is 4. The highest BCUT2D eigenvalue weighted by molar-refractivity contribution is 6.30. The second-order valence-corrected chi connectivity index (χ2v) is 5.85. The Morgan fingerprint density at radius 3 is 2.58 bits per heavy atom. The lowest BCUT2D eigenvalue weighted by Gasteiger charge is -2.37. The van der Waals surface area contributed by atoms with Crippen LogP contribution in [0.25, 0.3) is 0 Å². The average molecular weight is 285 g/mol. The zero-order valence-corrected chi connectivity index (χ0v) is 12.2. The number of likely N-dealkylation sites (N-methyl/N-ethyl adjacent to an activating group) is 1. The van der Waals surface area contributed by atoms with Crippen molar-refractivity contribution in [2.45, 2.75) is 44.2 Å². The molecule has 0 saturated heterocycles. The van der Waals surface area contributed by atoms with Crippen molar-refractivity contribution in [3.8, 4) is 0 Å². The van der Waals surface area contributed by atoms with E-state index in [1.165, 1.54) is 38.2 Å². The molecule has 1 saturated carbocycles. The molecule has 2 N–H and O–H groups in total. The first-order valence-electron chi connectivity index (χ1n) is 7.00. The summed E-state index contributed by atoms with van der Waals surface area (Å²) >= 11 is 5.94. The van der Waals surface area contributed by atoms with Gasteiger partial charge in [0.25, 0.3) is 0 Å². The molecule has 106 valence electrons. The highest BCUT2D eigenvalue weighted by Gasteiger charge is 2.25. The summed E-state index contributed by atoms with van der Waals surface area (Å²) in [6.07, 6.45) is 6.28. The minimum atomic E-state index is -0.294. The Kier molecular flexibility index (Phi) is 5.20. The van der Waals surface area contributed by atoms with Crippen molar-refractivity contribution >= 4 is 11.6 Å². The van der Waals surface area contributed by atoms with Crippen LogP contribution in [0.4, 0.5) is 4.39 Å². The normalized spacial score (nSPS) is 18.8. The third-order valence-corrected chi connectivity index (χ3v) is 4.35. The van der Waals surface area contributed by atoms with E-state index in [1.54, 1.807) is 6.07 Å². The van der Waals surface area contributed by atoms with E-state index in [2.05, 4.69) is 11.9 Å². The van der Waals surface area contributed by atoms with Gasteiger partial charge in [-0.25, -0.2) is 4.39 Å². The second-order valence-electron chi connectivity index (χ2n) is 5.41. The van der Waals surface area contributed by atoms with Gasteiger partial charge in [-0.15, -0.1) is 0 Å². The summed E-state index contributed by atoms with van der Waals surface area (Å²) < 4.78 is 13.5. The Hall–Kier alpha value is -0.640. The number of benzene rings is 1. The van der Waals surface area contributed by atoms with Crippen LogP contribution >= 0.6 is 11.6 Å². The molecular formula is C15H22ClFN2. The number of nitrogens with zero attached hydrogens (tertiary/aromatic N) is 1. The second kappa shape index (κ2) is 6.69. The monoisotopic (exact) mass is 284 g/mol. The summed E-state index contributed by atoms with van der Waals surface area (Å²) in [5.74, 6) is -0.294. The molecule has 0 aromatic heterocycles. The molecule has 1 unspecified atom stereocenters. The maximum absolute atomic E-state index is 13.5. The van der Waals surface area contributed by atoms with Crippen molar-refractivity contribution in [3.05, 3.63) is 34.6 Å². The van der Waals surface area contributed by atoms with Crippen molar-refractivity contribution < 1.29 is 4.39 Å². The first kappa shape index (κ1) is 14.8. The molecule has 1 aliphatic carbocycles. The fraction of sp³-hybridized carbons (Fsp3) is 0.600. The zero-order chi connectivity index (χ0) is 13.8. The van der Waals surface area contributed by atoms with Crippen molar-refractivity contribution in [1.82, 2.24) is 4.90 Å². The first-order valence-corrected chi connectivity index (χ1v) is 7.37. The van der Waals surface area contributed by atoms with E-state index >= 15 is 0 Å². The maximum atomic E-state index is 13.5. The van der Waals surface area contributed by atoms with Gasteiger partial charge in [-0.3, -0.25) is 4.90 Å². The van der Waals surface area contributed by atoms with Gasteiger partial charge in [0.1, 0.15) is 5.82 Å². The van der Waals surface area contributed by atoms with Gasteiger partial charge in [0.15, 0.2) is 0 Å². The minimum Gasteiger partial charge on any atom is -0.329 e. The van der Waals surface area contributed by atoms with E-state index < -0.39 is 0 Å². The quantitative estimate of drug-likeness (QED) is 0.912. The largest absolute Gasteiger partial charge is 0.329 e. The molecule has 0 amide bonds. The van der Waals surface area contributed by atoms with E-state index in [1.807, 2.05) is 6.07 Å². The van der Waals surface area contributed by atoms with Gasteiger partial charge in [0.05, 0.1) is 0 Å².